The molecule has 172 valence electrons. The van der Waals surface area contributed by atoms with Crippen LogP contribution in [-0.2, 0) is 12.8 Å². The second-order valence-corrected chi connectivity index (χ2v) is 8.80. The van der Waals surface area contributed by atoms with Crippen LogP contribution in [0, 0.1) is 11.6 Å². The van der Waals surface area contributed by atoms with Gasteiger partial charge < -0.3 is 19.4 Å². The Labute approximate surface area is 192 Å². The highest BCUT2D eigenvalue weighted by atomic mass is 19.2. The molecule has 2 aromatic heterocycles. The van der Waals surface area contributed by atoms with Crippen molar-refractivity contribution in [2.24, 2.45) is 0 Å². The van der Waals surface area contributed by atoms with Gasteiger partial charge in [0, 0.05) is 67.9 Å². The second-order valence-electron chi connectivity index (χ2n) is 8.80. The van der Waals surface area contributed by atoms with E-state index < -0.39 is 11.6 Å². The molecule has 4 aromatic rings. The van der Waals surface area contributed by atoms with Crippen LogP contribution in [0.1, 0.15) is 17.5 Å². The van der Waals surface area contributed by atoms with Crippen molar-refractivity contribution >= 4 is 10.9 Å². The molecule has 1 N–H and O–H groups in total. The van der Waals surface area contributed by atoms with Gasteiger partial charge in [0.2, 0.25) is 0 Å². The molecule has 0 unspecified atom stereocenters. The molecular weight excluding hydrogens is 420 g/mol. The number of nitrogens with one attached hydrogen (secondary N) is 1. The predicted octanol–water partition coefficient (Wildman–Crippen LogP) is 4.42. The molecule has 0 amide bonds. The van der Waals surface area contributed by atoms with Crippen molar-refractivity contribution in [2.45, 2.75) is 19.3 Å². The summed E-state index contributed by atoms with van der Waals surface area (Å²) in [6.45, 7) is 6.11. The van der Waals surface area contributed by atoms with E-state index in [-0.39, 0.29) is 0 Å². The van der Waals surface area contributed by atoms with Crippen molar-refractivity contribution in [1.82, 2.24) is 24.3 Å². The molecular formula is C26H29F2N5. The molecule has 0 aliphatic carbocycles. The summed E-state index contributed by atoms with van der Waals surface area (Å²) in [6.07, 6.45) is 10.6. The zero-order valence-electron chi connectivity index (χ0n) is 18.7. The maximum absolute atomic E-state index is 13.4. The van der Waals surface area contributed by atoms with Crippen molar-refractivity contribution in [3.8, 4) is 5.69 Å². The molecule has 33 heavy (non-hydrogen) atoms. The van der Waals surface area contributed by atoms with E-state index in [1.165, 1.54) is 28.6 Å². The molecule has 5 nitrogen and oxygen atoms in total. The molecule has 0 atom stereocenters. The van der Waals surface area contributed by atoms with Gasteiger partial charge in [-0.1, -0.05) is 6.07 Å². The minimum Gasteiger partial charge on any atom is -0.361 e. The van der Waals surface area contributed by atoms with Crippen molar-refractivity contribution in [1.29, 1.82) is 0 Å². The number of fused-ring (bicyclic) bond motifs is 1. The van der Waals surface area contributed by atoms with Gasteiger partial charge in [0.1, 0.15) is 0 Å². The molecule has 1 aliphatic heterocycles. The fourth-order valence-electron chi connectivity index (χ4n) is 4.66. The summed E-state index contributed by atoms with van der Waals surface area (Å²) < 4.78 is 28.5. The Balaban J connectivity index is 1.08. The summed E-state index contributed by atoms with van der Waals surface area (Å²) in [5, 5.41) is 1.28. The fourth-order valence-corrected chi connectivity index (χ4v) is 4.66. The van der Waals surface area contributed by atoms with E-state index in [1.54, 1.807) is 12.3 Å². The van der Waals surface area contributed by atoms with Crippen molar-refractivity contribution < 1.29 is 8.78 Å². The molecule has 0 radical (unpaired) electrons. The number of aromatic amines is 1. The first-order valence-electron chi connectivity index (χ1n) is 11.6. The van der Waals surface area contributed by atoms with Gasteiger partial charge in [-0.25, -0.2) is 13.8 Å². The van der Waals surface area contributed by atoms with Gasteiger partial charge in [-0.3, -0.25) is 0 Å². The number of nitrogens with zero attached hydrogens (tertiary/aromatic N) is 4. The first-order chi connectivity index (χ1) is 16.2. The van der Waals surface area contributed by atoms with Crippen LogP contribution in [0.15, 0.2) is 61.3 Å². The van der Waals surface area contributed by atoms with E-state index in [2.05, 4.69) is 44.2 Å². The zero-order chi connectivity index (χ0) is 22.6. The van der Waals surface area contributed by atoms with Crippen LogP contribution < -0.4 is 0 Å². The number of rotatable bonds is 8. The Bertz CT molecular complexity index is 1190. The van der Waals surface area contributed by atoms with Crippen LogP contribution >= 0.6 is 0 Å². The number of aromatic nitrogens is 3. The lowest BCUT2D eigenvalue weighted by Gasteiger charge is -2.34. The topological polar surface area (TPSA) is 40.1 Å². The quantitative estimate of drug-likeness (QED) is 0.433. The summed E-state index contributed by atoms with van der Waals surface area (Å²) in [6, 6.07) is 10.7. The van der Waals surface area contributed by atoms with Gasteiger partial charge in [0.15, 0.2) is 11.6 Å². The monoisotopic (exact) mass is 449 g/mol. The molecule has 2 aromatic carbocycles. The third kappa shape index (κ3) is 5.15. The largest absolute Gasteiger partial charge is 0.361 e. The van der Waals surface area contributed by atoms with Gasteiger partial charge in [-0.2, -0.15) is 0 Å². The fraction of sp³-hybridized carbons (Fsp3) is 0.346. The Kier molecular flexibility index (Phi) is 6.51. The normalized spacial score (nSPS) is 15.5. The smallest absolute Gasteiger partial charge is 0.159 e. The first-order valence-corrected chi connectivity index (χ1v) is 11.6. The summed E-state index contributed by atoms with van der Waals surface area (Å²) in [4.78, 5) is 12.5. The molecule has 0 bridgehead atoms. The van der Waals surface area contributed by atoms with Gasteiger partial charge in [0.25, 0.3) is 0 Å². The maximum Gasteiger partial charge on any atom is 0.159 e. The number of hydrogen-bond acceptors (Lipinski definition) is 3. The van der Waals surface area contributed by atoms with Gasteiger partial charge >= 0.3 is 0 Å². The highest BCUT2D eigenvalue weighted by Crippen LogP contribution is 2.23. The molecule has 0 saturated carbocycles. The summed E-state index contributed by atoms with van der Waals surface area (Å²) >= 11 is 0. The summed E-state index contributed by atoms with van der Waals surface area (Å²) in [7, 11) is 0. The highest BCUT2D eigenvalue weighted by molar-refractivity contribution is 5.85. The van der Waals surface area contributed by atoms with E-state index in [4.69, 9.17) is 0 Å². The number of benzene rings is 2. The Morgan fingerprint density at radius 1 is 0.879 bits per heavy atom. The number of hydrogen-bond donors (Lipinski definition) is 1. The van der Waals surface area contributed by atoms with Crippen LogP contribution in [0.4, 0.5) is 8.78 Å². The molecule has 0 spiro atoms. The number of aryl methyl sites for hydroxylation is 1. The first kappa shape index (κ1) is 21.8. The summed E-state index contributed by atoms with van der Waals surface area (Å²) in [5.74, 6) is -1.54. The molecule has 1 saturated heterocycles. The molecule has 1 fully saturated rings. The predicted molar refractivity (Wildman–Crippen MR) is 127 cm³/mol. The number of H-pyrrole nitrogens is 1. The molecule has 3 heterocycles. The van der Waals surface area contributed by atoms with Gasteiger partial charge in [-0.15, -0.1) is 0 Å². The minimum absolute atomic E-state index is 0.749. The van der Waals surface area contributed by atoms with E-state index in [0.717, 1.165) is 69.8 Å². The van der Waals surface area contributed by atoms with Crippen molar-refractivity contribution in [3.05, 3.63) is 84.1 Å². The van der Waals surface area contributed by atoms with Crippen LogP contribution in [0.3, 0.4) is 0 Å². The van der Waals surface area contributed by atoms with Gasteiger partial charge in [0.05, 0.1) is 6.33 Å². The average molecular weight is 450 g/mol. The Morgan fingerprint density at radius 3 is 2.45 bits per heavy atom. The van der Waals surface area contributed by atoms with E-state index in [0.29, 0.717) is 0 Å². The van der Waals surface area contributed by atoms with Crippen molar-refractivity contribution in [3.63, 3.8) is 0 Å². The SMILES string of the molecule is Fc1ccc(CCN2CCN(CCCc3c[nH]c4ccc(-n5ccnc5)cc34)CC2)cc1F. The zero-order valence-corrected chi connectivity index (χ0v) is 18.7. The molecule has 1 aliphatic rings. The third-order valence-corrected chi connectivity index (χ3v) is 6.64. The Hall–Kier alpha value is -3.03. The third-order valence-electron chi connectivity index (χ3n) is 6.64. The van der Waals surface area contributed by atoms with Crippen LogP contribution in [0.25, 0.3) is 16.6 Å². The minimum atomic E-state index is -0.779. The number of imidazole rings is 1. The standard InChI is InChI=1S/C26H29F2N5/c27-24-5-3-20(16-25(24)28)7-10-32-14-12-31(13-15-32)9-1-2-21-18-30-26-6-4-22(17-23(21)26)33-11-8-29-19-33/h3-6,8,11,16-19,30H,1-2,7,9-10,12-15H2. The van der Waals surface area contributed by atoms with E-state index >= 15 is 0 Å². The summed E-state index contributed by atoms with van der Waals surface area (Å²) in [5.41, 5.74) is 4.51. The Morgan fingerprint density at radius 2 is 1.70 bits per heavy atom. The van der Waals surface area contributed by atoms with Crippen LogP contribution in [0.2, 0.25) is 0 Å². The van der Waals surface area contributed by atoms with E-state index in [9.17, 15) is 8.78 Å². The van der Waals surface area contributed by atoms with Crippen LogP contribution in [-0.4, -0.2) is 63.6 Å². The lowest BCUT2D eigenvalue weighted by atomic mass is 10.1. The van der Waals surface area contributed by atoms with E-state index in [1.807, 2.05) is 17.1 Å². The highest BCUT2D eigenvalue weighted by Gasteiger charge is 2.17. The average Bonchev–Trinajstić information content (AvgIpc) is 3.51. The number of halogens is 2. The molecule has 5 rings (SSSR count). The second kappa shape index (κ2) is 9.85. The number of piperazine rings is 1. The maximum atomic E-state index is 13.4. The lowest BCUT2D eigenvalue weighted by Crippen LogP contribution is -2.47. The van der Waals surface area contributed by atoms with Gasteiger partial charge in [-0.05, 0) is 67.3 Å². The molecule has 7 heteroatoms. The van der Waals surface area contributed by atoms with Crippen molar-refractivity contribution in [2.75, 3.05) is 39.3 Å². The lowest BCUT2D eigenvalue weighted by molar-refractivity contribution is 0.132. The van der Waals surface area contributed by atoms with Crippen LogP contribution in [0.5, 0.6) is 0 Å².